The molecule has 3 N–H and O–H groups in total. The van der Waals surface area contributed by atoms with Crippen LogP contribution in [-0.4, -0.2) is 51.3 Å². The molecule has 0 spiro atoms. The minimum Gasteiger partial charge on any atom is -0.481 e. The molecule has 1 atom stereocenters. The number of amides is 1. The molecular formula is C11H19NO6. The maximum Gasteiger partial charge on any atom is 0.407 e. The predicted octanol–water partition coefficient (Wildman–Crippen LogP) is 1.19. The Morgan fingerprint density at radius 1 is 1.06 bits per heavy atom. The quantitative estimate of drug-likeness (QED) is 0.604. The zero-order valence-electron chi connectivity index (χ0n) is 10.5. The third-order valence-electron chi connectivity index (χ3n) is 2.34. The summed E-state index contributed by atoms with van der Waals surface area (Å²) in [6.45, 7) is 3.09. The molecule has 0 bridgehead atoms. The molecule has 0 rings (SSSR count). The second-order valence-electron chi connectivity index (χ2n) is 4.65. The first-order valence-electron chi connectivity index (χ1n) is 5.63. The lowest BCUT2D eigenvalue weighted by Crippen LogP contribution is -2.39. The van der Waals surface area contributed by atoms with E-state index in [1.807, 2.05) is 13.8 Å². The Kier molecular flexibility index (Phi) is 6.77. The average molecular weight is 261 g/mol. The highest BCUT2D eigenvalue weighted by molar-refractivity contribution is 5.75. The Morgan fingerprint density at radius 3 is 1.94 bits per heavy atom. The van der Waals surface area contributed by atoms with Crippen LogP contribution in [0, 0.1) is 11.8 Å². The smallest absolute Gasteiger partial charge is 0.407 e. The minimum absolute atomic E-state index is 0.0773. The minimum atomic E-state index is -1.35. The van der Waals surface area contributed by atoms with Gasteiger partial charge in [0.2, 0.25) is 0 Å². The van der Waals surface area contributed by atoms with Gasteiger partial charge in [0, 0.05) is 13.0 Å². The molecular weight excluding hydrogens is 242 g/mol. The first-order valence-corrected chi connectivity index (χ1v) is 5.63. The summed E-state index contributed by atoms with van der Waals surface area (Å²) in [6, 6.07) is 0. The fourth-order valence-electron chi connectivity index (χ4n) is 1.82. The molecule has 0 aliphatic rings. The first-order chi connectivity index (χ1) is 8.22. The highest BCUT2D eigenvalue weighted by atomic mass is 16.4. The van der Waals surface area contributed by atoms with Crippen molar-refractivity contribution in [1.29, 1.82) is 0 Å². The average Bonchev–Trinajstić information content (AvgIpc) is 2.13. The second kappa shape index (κ2) is 7.52. The first kappa shape index (κ1) is 16.2. The number of carboxylic acids is 2. The van der Waals surface area contributed by atoms with Crippen LogP contribution in [0.4, 0.5) is 4.79 Å². The van der Waals surface area contributed by atoms with Gasteiger partial charge in [0.25, 0.3) is 0 Å². The maximum absolute atomic E-state index is 10.9. The van der Waals surface area contributed by atoms with E-state index in [1.54, 1.807) is 0 Å². The molecule has 104 valence electrons. The number of rotatable bonds is 8. The zero-order chi connectivity index (χ0) is 14.3. The van der Waals surface area contributed by atoms with E-state index >= 15 is 0 Å². The van der Waals surface area contributed by atoms with Gasteiger partial charge in [-0.25, -0.2) is 4.79 Å². The summed E-state index contributed by atoms with van der Waals surface area (Å²) in [6.07, 6.45) is -0.978. The van der Waals surface area contributed by atoms with Crippen molar-refractivity contribution in [3.63, 3.8) is 0 Å². The van der Waals surface area contributed by atoms with Crippen LogP contribution in [0.5, 0.6) is 0 Å². The maximum atomic E-state index is 10.9. The fourth-order valence-corrected chi connectivity index (χ4v) is 1.82. The van der Waals surface area contributed by atoms with Crippen molar-refractivity contribution in [2.75, 3.05) is 13.1 Å². The molecule has 0 heterocycles. The molecule has 0 aliphatic carbocycles. The molecule has 0 saturated heterocycles. The molecule has 0 aromatic rings. The number of carboxylic acid groups (broad SMARTS) is 3. The predicted molar refractivity (Wildman–Crippen MR) is 62.4 cm³/mol. The van der Waals surface area contributed by atoms with Crippen molar-refractivity contribution in [3.8, 4) is 0 Å². The van der Waals surface area contributed by atoms with Crippen molar-refractivity contribution in [2.45, 2.75) is 26.7 Å². The molecule has 7 heteroatoms. The summed E-state index contributed by atoms with van der Waals surface area (Å²) in [5.41, 5.74) is 0. The van der Waals surface area contributed by atoms with Gasteiger partial charge in [-0.15, -0.1) is 0 Å². The molecule has 7 nitrogen and oxygen atoms in total. The van der Waals surface area contributed by atoms with Crippen LogP contribution in [0.25, 0.3) is 0 Å². The van der Waals surface area contributed by atoms with Crippen LogP contribution in [0.3, 0.4) is 0 Å². The van der Waals surface area contributed by atoms with Gasteiger partial charge in [0.1, 0.15) is 6.54 Å². The Labute approximate surface area is 105 Å². The number of aliphatic carboxylic acids is 2. The highest BCUT2D eigenvalue weighted by Gasteiger charge is 2.23. The lowest BCUT2D eigenvalue weighted by Gasteiger charge is -2.24. The van der Waals surface area contributed by atoms with Crippen molar-refractivity contribution >= 4 is 18.0 Å². The molecule has 0 aromatic carbocycles. The van der Waals surface area contributed by atoms with E-state index in [9.17, 15) is 14.4 Å². The normalized spacial score (nSPS) is 12.2. The Morgan fingerprint density at radius 2 is 1.61 bits per heavy atom. The highest BCUT2D eigenvalue weighted by Crippen LogP contribution is 2.17. The third-order valence-corrected chi connectivity index (χ3v) is 2.34. The number of hydrogen-bond acceptors (Lipinski definition) is 3. The van der Waals surface area contributed by atoms with Gasteiger partial charge >= 0.3 is 18.0 Å². The van der Waals surface area contributed by atoms with E-state index < -0.39 is 24.6 Å². The Hall–Kier alpha value is -1.79. The van der Waals surface area contributed by atoms with Crippen molar-refractivity contribution < 1.29 is 29.7 Å². The van der Waals surface area contributed by atoms with E-state index in [0.717, 1.165) is 4.90 Å². The third kappa shape index (κ3) is 7.48. The van der Waals surface area contributed by atoms with Crippen LogP contribution in [0.2, 0.25) is 0 Å². The summed E-state index contributed by atoms with van der Waals surface area (Å²) in [4.78, 5) is 32.8. The van der Waals surface area contributed by atoms with Crippen LogP contribution in [0.1, 0.15) is 26.7 Å². The van der Waals surface area contributed by atoms with Gasteiger partial charge < -0.3 is 15.3 Å². The van der Waals surface area contributed by atoms with Crippen molar-refractivity contribution in [1.82, 2.24) is 4.90 Å². The summed E-state index contributed by atoms with van der Waals surface area (Å²) < 4.78 is 0. The van der Waals surface area contributed by atoms with Crippen LogP contribution < -0.4 is 0 Å². The van der Waals surface area contributed by atoms with Gasteiger partial charge in [0.15, 0.2) is 0 Å². The van der Waals surface area contributed by atoms with Crippen LogP contribution in [-0.2, 0) is 9.59 Å². The number of nitrogens with zero attached hydrogens (tertiary/aromatic N) is 1. The van der Waals surface area contributed by atoms with Gasteiger partial charge in [-0.1, -0.05) is 13.8 Å². The molecule has 18 heavy (non-hydrogen) atoms. The molecule has 0 aliphatic heterocycles. The fraction of sp³-hybridized carbons (Fsp3) is 0.727. The lowest BCUT2D eigenvalue weighted by atomic mass is 9.93. The van der Waals surface area contributed by atoms with Gasteiger partial charge in [-0.3, -0.25) is 14.5 Å². The van der Waals surface area contributed by atoms with E-state index in [0.29, 0.717) is 6.42 Å². The summed E-state index contributed by atoms with van der Waals surface area (Å²) >= 11 is 0. The van der Waals surface area contributed by atoms with E-state index in [2.05, 4.69) is 0 Å². The Bertz CT molecular complexity index is 315. The van der Waals surface area contributed by atoms with Crippen LogP contribution >= 0.6 is 0 Å². The largest absolute Gasteiger partial charge is 0.481 e. The van der Waals surface area contributed by atoms with E-state index in [1.165, 1.54) is 0 Å². The summed E-state index contributed by atoms with van der Waals surface area (Å²) in [5, 5.41) is 26.2. The lowest BCUT2D eigenvalue weighted by molar-refractivity contribution is -0.138. The molecule has 0 saturated carbocycles. The summed E-state index contributed by atoms with van der Waals surface area (Å²) in [5.74, 6) is -2.43. The van der Waals surface area contributed by atoms with Crippen molar-refractivity contribution in [3.05, 3.63) is 0 Å². The van der Waals surface area contributed by atoms with Gasteiger partial charge in [-0.2, -0.15) is 0 Å². The topological polar surface area (TPSA) is 115 Å². The van der Waals surface area contributed by atoms with Crippen LogP contribution in [0.15, 0.2) is 0 Å². The second-order valence-corrected chi connectivity index (χ2v) is 4.65. The number of hydrogen-bond donors (Lipinski definition) is 3. The standard InChI is InChI=1S/C11H19NO6/c1-7(2)3-8(4-9(13)14)5-12(11(17)18)6-10(15)16/h7-8H,3-6H2,1-2H3,(H,13,14)(H,15,16)(H,17,18). The summed E-state index contributed by atoms with van der Waals surface area (Å²) in [7, 11) is 0. The van der Waals surface area contributed by atoms with E-state index in [-0.39, 0.29) is 24.8 Å². The number of carbonyl (C=O) groups is 3. The monoisotopic (exact) mass is 261 g/mol. The van der Waals surface area contributed by atoms with Gasteiger partial charge in [0.05, 0.1) is 0 Å². The molecule has 1 unspecified atom stereocenters. The SMILES string of the molecule is CC(C)CC(CC(=O)O)CN(CC(=O)O)C(=O)O. The van der Waals surface area contributed by atoms with Crippen molar-refractivity contribution in [2.24, 2.45) is 11.8 Å². The Balaban J connectivity index is 4.62. The molecule has 0 radical (unpaired) electrons. The van der Waals surface area contributed by atoms with Gasteiger partial charge in [-0.05, 0) is 18.3 Å². The molecule has 0 aromatic heterocycles. The van der Waals surface area contributed by atoms with E-state index in [4.69, 9.17) is 15.3 Å². The molecule has 1 amide bonds. The zero-order valence-corrected chi connectivity index (χ0v) is 10.5. The molecule has 0 fully saturated rings.